The molecule has 0 aromatic rings. The highest BCUT2D eigenvalue weighted by Crippen LogP contribution is 2.14. The fraction of sp³-hybridized carbons (Fsp3) is 0.654. The summed E-state index contributed by atoms with van der Waals surface area (Å²) in [4.78, 5) is 11.7. The fourth-order valence-electron chi connectivity index (χ4n) is 2.91. The van der Waals surface area contributed by atoms with Crippen LogP contribution in [0.3, 0.4) is 0 Å². The number of aliphatic hydroxyl groups excluding tert-OH is 3. The number of esters is 1. The number of hydrogen-bond acceptors (Lipinski definition) is 5. The van der Waals surface area contributed by atoms with Crippen LogP contribution in [0.2, 0.25) is 0 Å². The van der Waals surface area contributed by atoms with Crippen LogP contribution in [0.5, 0.6) is 0 Å². The van der Waals surface area contributed by atoms with Crippen molar-refractivity contribution in [3.05, 3.63) is 46.6 Å². The summed E-state index contributed by atoms with van der Waals surface area (Å²) in [5.41, 5.74) is 5.49. The van der Waals surface area contributed by atoms with E-state index >= 15 is 0 Å². The van der Waals surface area contributed by atoms with Crippen molar-refractivity contribution >= 4 is 5.97 Å². The van der Waals surface area contributed by atoms with E-state index in [0.717, 1.165) is 38.5 Å². The first-order chi connectivity index (χ1) is 14.6. The van der Waals surface area contributed by atoms with Crippen molar-refractivity contribution in [1.82, 2.24) is 0 Å². The molecule has 0 aromatic heterocycles. The number of aliphatic hydroxyl groups is 3. The maximum atomic E-state index is 11.7. The highest BCUT2D eigenvalue weighted by molar-refractivity contribution is 5.69. The van der Waals surface area contributed by atoms with Crippen molar-refractivity contribution in [3.63, 3.8) is 0 Å². The van der Waals surface area contributed by atoms with E-state index in [1.807, 2.05) is 6.08 Å². The van der Waals surface area contributed by atoms with Gasteiger partial charge in [0.15, 0.2) is 0 Å². The SMILES string of the molecule is CC(C)=CCC/C(C)=C/CC/C(C)=C/CC/C(C)=C/CCC(=O)OC[C@H](O)[C@H](O)CO. The van der Waals surface area contributed by atoms with Gasteiger partial charge in [-0.05, 0) is 79.6 Å². The fourth-order valence-corrected chi connectivity index (χ4v) is 2.91. The second-order valence-corrected chi connectivity index (χ2v) is 8.59. The Labute approximate surface area is 189 Å². The lowest BCUT2D eigenvalue weighted by Gasteiger charge is -2.15. The highest BCUT2D eigenvalue weighted by Gasteiger charge is 2.16. The van der Waals surface area contributed by atoms with Gasteiger partial charge in [-0.3, -0.25) is 4.79 Å². The zero-order valence-electron chi connectivity index (χ0n) is 20.2. The molecule has 0 heterocycles. The van der Waals surface area contributed by atoms with Crippen LogP contribution in [-0.2, 0) is 9.53 Å². The Morgan fingerprint density at radius 3 is 1.55 bits per heavy atom. The molecule has 0 bridgehead atoms. The van der Waals surface area contributed by atoms with Gasteiger partial charge in [-0.15, -0.1) is 0 Å². The number of allylic oxidation sites excluding steroid dienone is 8. The molecule has 5 heteroatoms. The quantitative estimate of drug-likeness (QED) is 0.229. The van der Waals surface area contributed by atoms with Crippen LogP contribution in [0.4, 0.5) is 0 Å². The monoisotopic (exact) mass is 436 g/mol. The van der Waals surface area contributed by atoms with Gasteiger partial charge in [0.05, 0.1) is 6.61 Å². The molecular formula is C26H44O5. The Bertz CT molecular complexity index is 624. The highest BCUT2D eigenvalue weighted by atomic mass is 16.5. The Balaban J connectivity index is 4.05. The van der Waals surface area contributed by atoms with Crippen LogP contribution in [0.25, 0.3) is 0 Å². The van der Waals surface area contributed by atoms with Crippen LogP contribution >= 0.6 is 0 Å². The average Bonchev–Trinajstić information content (AvgIpc) is 2.71. The van der Waals surface area contributed by atoms with Gasteiger partial charge in [-0.25, -0.2) is 0 Å². The summed E-state index contributed by atoms with van der Waals surface area (Å²) < 4.78 is 4.90. The van der Waals surface area contributed by atoms with E-state index in [9.17, 15) is 15.0 Å². The molecule has 0 aliphatic heterocycles. The smallest absolute Gasteiger partial charge is 0.306 e. The lowest BCUT2D eigenvalue weighted by atomic mass is 10.0. The molecule has 0 aromatic carbocycles. The Morgan fingerprint density at radius 1 is 0.710 bits per heavy atom. The molecule has 5 nitrogen and oxygen atoms in total. The predicted molar refractivity (Wildman–Crippen MR) is 128 cm³/mol. The summed E-state index contributed by atoms with van der Waals surface area (Å²) >= 11 is 0. The Hall–Kier alpha value is -1.69. The molecule has 31 heavy (non-hydrogen) atoms. The summed E-state index contributed by atoms with van der Waals surface area (Å²) in [6.07, 6.45) is 13.6. The van der Waals surface area contributed by atoms with Gasteiger partial charge in [0.1, 0.15) is 18.8 Å². The number of rotatable bonds is 16. The van der Waals surface area contributed by atoms with E-state index in [-0.39, 0.29) is 13.0 Å². The summed E-state index contributed by atoms with van der Waals surface area (Å²) in [5.74, 6) is -0.423. The maximum absolute atomic E-state index is 11.7. The minimum atomic E-state index is -1.29. The first kappa shape index (κ1) is 29.3. The summed E-state index contributed by atoms with van der Waals surface area (Å²) in [6.45, 7) is 9.86. The summed E-state index contributed by atoms with van der Waals surface area (Å²) in [6, 6.07) is 0. The molecule has 178 valence electrons. The third-order valence-electron chi connectivity index (χ3n) is 5.04. The second kappa shape index (κ2) is 17.9. The van der Waals surface area contributed by atoms with Gasteiger partial charge >= 0.3 is 5.97 Å². The van der Waals surface area contributed by atoms with E-state index in [1.54, 1.807) is 0 Å². The van der Waals surface area contributed by atoms with Gasteiger partial charge in [0, 0.05) is 6.42 Å². The Kier molecular flexibility index (Phi) is 17.0. The third-order valence-corrected chi connectivity index (χ3v) is 5.04. The molecule has 0 spiro atoms. The molecule has 0 amide bonds. The van der Waals surface area contributed by atoms with Crippen LogP contribution in [-0.4, -0.2) is 46.7 Å². The Morgan fingerprint density at radius 2 is 1.13 bits per heavy atom. The van der Waals surface area contributed by atoms with Gasteiger partial charge in [0.2, 0.25) is 0 Å². The molecule has 2 atom stereocenters. The van der Waals surface area contributed by atoms with Crippen molar-refractivity contribution in [3.8, 4) is 0 Å². The normalized spacial score (nSPS) is 14.9. The number of hydrogen-bond donors (Lipinski definition) is 3. The first-order valence-corrected chi connectivity index (χ1v) is 11.4. The van der Waals surface area contributed by atoms with Gasteiger partial charge in [-0.1, -0.05) is 46.6 Å². The minimum absolute atomic E-state index is 0.230. The van der Waals surface area contributed by atoms with Crippen molar-refractivity contribution < 1.29 is 24.9 Å². The van der Waals surface area contributed by atoms with E-state index < -0.39 is 24.8 Å². The molecule has 0 unspecified atom stereocenters. The third kappa shape index (κ3) is 17.7. The predicted octanol–water partition coefficient (Wildman–Crippen LogP) is 5.17. The summed E-state index contributed by atoms with van der Waals surface area (Å²) in [7, 11) is 0. The van der Waals surface area contributed by atoms with Crippen LogP contribution in [0.1, 0.15) is 86.0 Å². The topological polar surface area (TPSA) is 87.0 Å². The zero-order valence-corrected chi connectivity index (χ0v) is 20.2. The molecule has 0 radical (unpaired) electrons. The molecular weight excluding hydrogens is 392 g/mol. The van der Waals surface area contributed by atoms with E-state index in [4.69, 9.17) is 9.84 Å². The van der Waals surface area contributed by atoms with Crippen molar-refractivity contribution in [2.45, 2.75) is 98.2 Å². The molecule has 0 aliphatic carbocycles. The first-order valence-electron chi connectivity index (χ1n) is 11.4. The molecule has 0 aliphatic rings. The van der Waals surface area contributed by atoms with Crippen molar-refractivity contribution in [2.75, 3.05) is 13.2 Å². The molecule has 0 saturated heterocycles. The maximum Gasteiger partial charge on any atom is 0.306 e. The number of ether oxygens (including phenoxy) is 1. The van der Waals surface area contributed by atoms with E-state index in [1.165, 1.54) is 22.3 Å². The standard InChI is InChI=1S/C26H44O5/c1-20(2)10-6-11-21(3)12-7-13-22(4)14-8-15-23(5)16-9-17-26(30)31-19-25(29)24(28)18-27/h10,12,14,16,24-25,27-29H,6-9,11,13,15,17-19H2,1-5H3/b21-12+,22-14+,23-16+/t24-,25+/m1/s1. The van der Waals surface area contributed by atoms with E-state index in [2.05, 4.69) is 52.8 Å². The van der Waals surface area contributed by atoms with Gasteiger partial charge < -0.3 is 20.1 Å². The molecule has 0 saturated carbocycles. The van der Waals surface area contributed by atoms with Crippen LogP contribution < -0.4 is 0 Å². The number of carbonyl (C=O) groups is 1. The average molecular weight is 437 g/mol. The minimum Gasteiger partial charge on any atom is -0.463 e. The largest absolute Gasteiger partial charge is 0.463 e. The lowest BCUT2D eigenvalue weighted by Crippen LogP contribution is -2.34. The molecule has 0 rings (SSSR count). The zero-order chi connectivity index (χ0) is 23.6. The van der Waals surface area contributed by atoms with Crippen molar-refractivity contribution in [2.24, 2.45) is 0 Å². The summed E-state index contributed by atoms with van der Waals surface area (Å²) in [5, 5.41) is 27.4. The van der Waals surface area contributed by atoms with Crippen LogP contribution in [0.15, 0.2) is 46.6 Å². The molecule has 3 N–H and O–H groups in total. The molecule has 0 fully saturated rings. The number of carbonyl (C=O) groups excluding carboxylic acids is 1. The second-order valence-electron chi connectivity index (χ2n) is 8.59. The van der Waals surface area contributed by atoms with Crippen molar-refractivity contribution in [1.29, 1.82) is 0 Å². The van der Waals surface area contributed by atoms with Gasteiger partial charge in [0.25, 0.3) is 0 Å². The van der Waals surface area contributed by atoms with E-state index in [0.29, 0.717) is 6.42 Å². The van der Waals surface area contributed by atoms with Gasteiger partial charge in [-0.2, -0.15) is 0 Å². The lowest BCUT2D eigenvalue weighted by molar-refractivity contribution is -0.149. The van der Waals surface area contributed by atoms with Crippen LogP contribution in [0, 0.1) is 0 Å².